The Morgan fingerprint density at radius 1 is 1.45 bits per heavy atom. The second-order valence-corrected chi connectivity index (χ2v) is 5.38. The van der Waals surface area contributed by atoms with Gasteiger partial charge in [0.25, 0.3) is 0 Å². The van der Waals surface area contributed by atoms with Crippen molar-refractivity contribution in [2.75, 3.05) is 13.1 Å². The molecule has 1 heterocycles. The standard InChI is InChI=1S/C12H17N3O4S/c1-8(5-9-3-2-4-20-9)14-12(19)15(6-10(13)16)7-11(17)18/h2-4,8H,5-7H2,1H3,(H2,13,16)(H,14,19)(H,17,18). The lowest BCUT2D eigenvalue weighted by Gasteiger charge is -2.22. The van der Waals surface area contributed by atoms with Gasteiger partial charge in [0.15, 0.2) is 0 Å². The Hall–Kier alpha value is -2.09. The molecular formula is C12H17N3O4S. The molecule has 1 unspecified atom stereocenters. The fourth-order valence-corrected chi connectivity index (χ4v) is 2.47. The molecule has 0 bridgehead atoms. The smallest absolute Gasteiger partial charge is 0.323 e. The van der Waals surface area contributed by atoms with Crippen LogP contribution in [0.5, 0.6) is 0 Å². The van der Waals surface area contributed by atoms with Gasteiger partial charge >= 0.3 is 12.0 Å². The SMILES string of the molecule is CC(Cc1cccs1)NC(=O)N(CC(N)=O)CC(=O)O. The molecule has 8 heteroatoms. The van der Waals surface area contributed by atoms with Crippen molar-refractivity contribution in [1.29, 1.82) is 0 Å². The van der Waals surface area contributed by atoms with Crippen LogP contribution in [0.15, 0.2) is 17.5 Å². The van der Waals surface area contributed by atoms with E-state index in [2.05, 4.69) is 5.32 Å². The maximum atomic E-state index is 11.9. The molecule has 4 N–H and O–H groups in total. The van der Waals surface area contributed by atoms with Crippen molar-refractivity contribution in [3.63, 3.8) is 0 Å². The van der Waals surface area contributed by atoms with Crippen LogP contribution in [0.1, 0.15) is 11.8 Å². The molecule has 20 heavy (non-hydrogen) atoms. The van der Waals surface area contributed by atoms with Gasteiger partial charge in [0.1, 0.15) is 13.1 Å². The lowest BCUT2D eigenvalue weighted by Crippen LogP contribution is -2.49. The van der Waals surface area contributed by atoms with Crippen LogP contribution in [0.2, 0.25) is 0 Å². The molecule has 0 radical (unpaired) electrons. The number of hydrogen-bond donors (Lipinski definition) is 3. The molecule has 3 amide bonds. The molecule has 1 rings (SSSR count). The van der Waals surface area contributed by atoms with Crippen LogP contribution in [0.3, 0.4) is 0 Å². The van der Waals surface area contributed by atoms with Crippen molar-refractivity contribution >= 4 is 29.2 Å². The van der Waals surface area contributed by atoms with Gasteiger partial charge in [0.2, 0.25) is 5.91 Å². The van der Waals surface area contributed by atoms with E-state index in [1.165, 1.54) is 0 Å². The summed E-state index contributed by atoms with van der Waals surface area (Å²) in [6, 6.07) is 3.07. The van der Waals surface area contributed by atoms with Gasteiger partial charge in [0.05, 0.1) is 0 Å². The minimum Gasteiger partial charge on any atom is -0.480 e. The molecule has 0 spiro atoms. The Bertz CT molecular complexity index is 459. The monoisotopic (exact) mass is 299 g/mol. The van der Waals surface area contributed by atoms with Gasteiger partial charge in [-0.15, -0.1) is 11.3 Å². The predicted octanol–water partition coefficient (Wildman–Crippen LogP) is 0.261. The van der Waals surface area contributed by atoms with Crippen LogP contribution in [-0.4, -0.2) is 47.0 Å². The average molecular weight is 299 g/mol. The predicted molar refractivity (Wildman–Crippen MR) is 74.4 cm³/mol. The van der Waals surface area contributed by atoms with Crippen molar-refractivity contribution in [3.05, 3.63) is 22.4 Å². The molecule has 0 aliphatic rings. The Labute approximate surface area is 120 Å². The topological polar surface area (TPSA) is 113 Å². The highest BCUT2D eigenvalue weighted by Crippen LogP contribution is 2.11. The second-order valence-electron chi connectivity index (χ2n) is 4.35. The Morgan fingerprint density at radius 3 is 2.65 bits per heavy atom. The highest BCUT2D eigenvalue weighted by molar-refractivity contribution is 7.09. The summed E-state index contributed by atoms with van der Waals surface area (Å²) in [5.74, 6) is -1.96. The van der Waals surface area contributed by atoms with Crippen molar-refractivity contribution in [1.82, 2.24) is 10.2 Å². The summed E-state index contributed by atoms with van der Waals surface area (Å²) in [5, 5.41) is 13.3. The molecule has 110 valence electrons. The zero-order chi connectivity index (χ0) is 15.1. The molecule has 0 saturated heterocycles. The van der Waals surface area contributed by atoms with E-state index in [0.29, 0.717) is 6.42 Å². The van der Waals surface area contributed by atoms with Gasteiger partial charge in [-0.2, -0.15) is 0 Å². The second kappa shape index (κ2) is 7.49. The fraction of sp³-hybridized carbons (Fsp3) is 0.417. The largest absolute Gasteiger partial charge is 0.480 e. The van der Waals surface area contributed by atoms with Crippen LogP contribution in [0.25, 0.3) is 0 Å². The molecule has 0 aromatic carbocycles. The zero-order valence-corrected chi connectivity index (χ0v) is 11.9. The number of rotatable bonds is 7. The maximum absolute atomic E-state index is 11.9. The van der Waals surface area contributed by atoms with Crippen molar-refractivity contribution in [2.45, 2.75) is 19.4 Å². The Balaban J connectivity index is 2.55. The first kappa shape index (κ1) is 16.0. The molecule has 0 saturated carbocycles. The van der Waals surface area contributed by atoms with E-state index < -0.39 is 31.0 Å². The number of aliphatic carboxylic acids is 1. The van der Waals surface area contributed by atoms with E-state index in [1.807, 2.05) is 17.5 Å². The summed E-state index contributed by atoms with van der Waals surface area (Å²) in [6.07, 6.45) is 0.640. The number of amides is 3. The third-order valence-electron chi connectivity index (χ3n) is 2.42. The molecule has 1 aromatic rings. The number of nitrogens with two attached hydrogens (primary N) is 1. The summed E-state index contributed by atoms with van der Waals surface area (Å²) in [4.78, 5) is 35.4. The minimum absolute atomic E-state index is 0.176. The van der Waals surface area contributed by atoms with Crippen molar-refractivity contribution < 1.29 is 19.5 Å². The quantitative estimate of drug-likeness (QED) is 0.670. The lowest BCUT2D eigenvalue weighted by atomic mass is 10.2. The first-order valence-electron chi connectivity index (χ1n) is 5.96. The zero-order valence-electron chi connectivity index (χ0n) is 11.0. The van der Waals surface area contributed by atoms with Gasteiger partial charge < -0.3 is 21.1 Å². The summed E-state index contributed by atoms with van der Waals surface area (Å²) in [5.41, 5.74) is 5.00. The maximum Gasteiger partial charge on any atom is 0.323 e. The first-order chi connectivity index (χ1) is 9.38. The summed E-state index contributed by atoms with van der Waals surface area (Å²) >= 11 is 1.57. The van der Waals surface area contributed by atoms with Crippen LogP contribution in [-0.2, 0) is 16.0 Å². The lowest BCUT2D eigenvalue weighted by molar-refractivity contribution is -0.137. The van der Waals surface area contributed by atoms with Gasteiger partial charge in [0, 0.05) is 17.3 Å². The summed E-state index contributed by atoms with van der Waals surface area (Å²) in [6.45, 7) is 0.811. The molecule has 7 nitrogen and oxygen atoms in total. The number of thiophene rings is 1. The fourth-order valence-electron chi connectivity index (χ4n) is 1.63. The van der Waals surface area contributed by atoms with Gasteiger partial charge in [-0.1, -0.05) is 6.07 Å². The van der Waals surface area contributed by atoms with Crippen LogP contribution < -0.4 is 11.1 Å². The van der Waals surface area contributed by atoms with Crippen LogP contribution >= 0.6 is 11.3 Å². The van der Waals surface area contributed by atoms with E-state index in [1.54, 1.807) is 18.3 Å². The van der Waals surface area contributed by atoms with Gasteiger partial charge in [-0.25, -0.2) is 4.79 Å². The highest BCUT2D eigenvalue weighted by Gasteiger charge is 2.20. The molecule has 1 atom stereocenters. The average Bonchev–Trinajstić information content (AvgIpc) is 2.79. The molecule has 0 aliphatic carbocycles. The number of carboxylic acid groups (broad SMARTS) is 1. The Kier molecular flexibility index (Phi) is 5.98. The number of urea groups is 1. The Morgan fingerprint density at radius 2 is 2.15 bits per heavy atom. The van der Waals surface area contributed by atoms with Crippen molar-refractivity contribution in [3.8, 4) is 0 Å². The van der Waals surface area contributed by atoms with Crippen molar-refractivity contribution in [2.24, 2.45) is 5.73 Å². The van der Waals surface area contributed by atoms with Gasteiger partial charge in [-0.3, -0.25) is 9.59 Å². The molecule has 0 fully saturated rings. The first-order valence-corrected chi connectivity index (χ1v) is 6.84. The molecule has 1 aromatic heterocycles. The van der Waals surface area contributed by atoms with E-state index in [4.69, 9.17) is 10.8 Å². The molecular weight excluding hydrogens is 282 g/mol. The number of nitrogens with one attached hydrogen (secondary N) is 1. The van der Waals surface area contributed by atoms with E-state index in [9.17, 15) is 14.4 Å². The number of hydrogen-bond acceptors (Lipinski definition) is 4. The van der Waals surface area contributed by atoms with E-state index in [-0.39, 0.29) is 6.04 Å². The van der Waals surface area contributed by atoms with Gasteiger partial charge in [-0.05, 0) is 18.4 Å². The number of nitrogens with zero attached hydrogens (tertiary/aromatic N) is 1. The minimum atomic E-state index is -1.20. The number of carbonyl (C=O) groups is 3. The highest BCUT2D eigenvalue weighted by atomic mass is 32.1. The van der Waals surface area contributed by atoms with Crippen LogP contribution in [0.4, 0.5) is 4.79 Å². The summed E-state index contributed by atoms with van der Waals surface area (Å²) < 4.78 is 0. The number of carbonyl (C=O) groups excluding carboxylic acids is 2. The summed E-state index contributed by atoms with van der Waals surface area (Å²) in [7, 11) is 0. The molecule has 0 aliphatic heterocycles. The number of carboxylic acids is 1. The van der Waals surface area contributed by atoms with E-state index in [0.717, 1.165) is 9.78 Å². The van der Waals surface area contributed by atoms with E-state index >= 15 is 0 Å². The third kappa shape index (κ3) is 5.70. The van der Waals surface area contributed by atoms with Crippen LogP contribution in [0, 0.1) is 0 Å². The normalized spacial score (nSPS) is 11.7. The number of primary amides is 1. The third-order valence-corrected chi connectivity index (χ3v) is 3.32.